The molecule has 1 aromatic carbocycles. The van der Waals surface area contributed by atoms with Gasteiger partial charge in [0.2, 0.25) is 11.8 Å². The fourth-order valence-corrected chi connectivity index (χ4v) is 2.52. The number of ether oxygens (including phenoxy) is 2. The van der Waals surface area contributed by atoms with Crippen molar-refractivity contribution in [1.82, 2.24) is 20.2 Å². The smallest absolute Gasteiger partial charge is 0.344 e. The standard InChI is InChI=1S/C21H16N4O4/c1-14(18-24-25-19(29-18)15-7-3-2-4-8-15)27-21(26)17-10-6-12-23-20(17)28-16-9-5-11-22-13-16/h2-14H,1H3. The summed E-state index contributed by atoms with van der Waals surface area (Å²) in [4.78, 5) is 20.8. The Labute approximate surface area is 166 Å². The van der Waals surface area contributed by atoms with Gasteiger partial charge >= 0.3 is 5.97 Å². The highest BCUT2D eigenvalue weighted by molar-refractivity contribution is 5.92. The van der Waals surface area contributed by atoms with E-state index in [1.54, 1.807) is 37.4 Å². The summed E-state index contributed by atoms with van der Waals surface area (Å²) in [5.41, 5.74) is 0.954. The number of carbonyl (C=O) groups excluding carboxylic acids is 1. The number of hydrogen-bond donors (Lipinski definition) is 0. The first kappa shape index (κ1) is 18.3. The molecule has 4 aromatic rings. The van der Waals surface area contributed by atoms with Gasteiger partial charge in [-0.25, -0.2) is 9.78 Å². The fourth-order valence-electron chi connectivity index (χ4n) is 2.52. The number of esters is 1. The lowest BCUT2D eigenvalue weighted by atomic mass is 10.2. The van der Waals surface area contributed by atoms with Crippen LogP contribution in [0.15, 0.2) is 77.6 Å². The number of pyridine rings is 2. The lowest BCUT2D eigenvalue weighted by molar-refractivity contribution is 0.0276. The third kappa shape index (κ3) is 4.27. The molecule has 0 N–H and O–H groups in total. The second-order valence-electron chi connectivity index (χ2n) is 6.01. The number of aromatic nitrogens is 4. The van der Waals surface area contributed by atoms with Crippen LogP contribution in [0.25, 0.3) is 11.5 Å². The van der Waals surface area contributed by atoms with E-state index in [-0.39, 0.29) is 17.3 Å². The van der Waals surface area contributed by atoms with E-state index in [2.05, 4.69) is 20.2 Å². The summed E-state index contributed by atoms with van der Waals surface area (Å²) in [5.74, 6) is 0.496. The van der Waals surface area contributed by atoms with Gasteiger partial charge in [0.25, 0.3) is 5.89 Å². The molecular formula is C21H16N4O4. The largest absolute Gasteiger partial charge is 0.449 e. The molecule has 0 bridgehead atoms. The number of nitrogens with zero attached hydrogens (tertiary/aromatic N) is 4. The van der Waals surface area contributed by atoms with Crippen molar-refractivity contribution in [3.63, 3.8) is 0 Å². The van der Waals surface area contributed by atoms with E-state index >= 15 is 0 Å². The molecule has 0 saturated carbocycles. The molecule has 144 valence electrons. The zero-order valence-corrected chi connectivity index (χ0v) is 15.4. The summed E-state index contributed by atoms with van der Waals surface area (Å²) in [6, 6.07) is 16.0. The molecule has 0 fully saturated rings. The molecule has 0 saturated heterocycles. The number of rotatable bonds is 6. The highest BCUT2D eigenvalue weighted by atomic mass is 16.6. The van der Waals surface area contributed by atoms with Crippen LogP contribution in [0.2, 0.25) is 0 Å². The molecule has 3 aromatic heterocycles. The Morgan fingerprint density at radius 1 is 1.00 bits per heavy atom. The molecule has 0 amide bonds. The van der Waals surface area contributed by atoms with Gasteiger partial charge in [-0.15, -0.1) is 10.2 Å². The van der Waals surface area contributed by atoms with Gasteiger partial charge in [0, 0.05) is 18.0 Å². The average Bonchev–Trinajstić information content (AvgIpc) is 3.26. The first-order valence-electron chi connectivity index (χ1n) is 8.83. The molecule has 8 nitrogen and oxygen atoms in total. The van der Waals surface area contributed by atoms with Crippen LogP contribution in [0.5, 0.6) is 11.6 Å². The molecule has 0 aliphatic heterocycles. The lowest BCUT2D eigenvalue weighted by Gasteiger charge is -2.12. The normalized spacial score (nSPS) is 11.6. The number of carbonyl (C=O) groups is 1. The van der Waals surface area contributed by atoms with E-state index in [4.69, 9.17) is 13.9 Å². The maximum Gasteiger partial charge on any atom is 0.344 e. The van der Waals surface area contributed by atoms with Gasteiger partial charge in [-0.1, -0.05) is 18.2 Å². The molecule has 29 heavy (non-hydrogen) atoms. The summed E-state index contributed by atoms with van der Waals surface area (Å²) < 4.78 is 16.8. The van der Waals surface area contributed by atoms with E-state index in [1.165, 1.54) is 12.4 Å². The van der Waals surface area contributed by atoms with Crippen LogP contribution in [0.4, 0.5) is 0 Å². The predicted molar refractivity (Wildman–Crippen MR) is 102 cm³/mol. The van der Waals surface area contributed by atoms with Crippen LogP contribution in [0.3, 0.4) is 0 Å². The molecule has 1 unspecified atom stereocenters. The average molecular weight is 388 g/mol. The molecule has 0 aliphatic carbocycles. The molecule has 8 heteroatoms. The second kappa shape index (κ2) is 8.30. The van der Waals surface area contributed by atoms with Crippen molar-refractivity contribution in [2.75, 3.05) is 0 Å². The Bertz CT molecular complexity index is 1100. The monoisotopic (exact) mass is 388 g/mol. The van der Waals surface area contributed by atoms with Gasteiger partial charge in [0.1, 0.15) is 11.3 Å². The van der Waals surface area contributed by atoms with Crippen LogP contribution < -0.4 is 4.74 Å². The summed E-state index contributed by atoms with van der Waals surface area (Å²) >= 11 is 0. The van der Waals surface area contributed by atoms with Crippen LogP contribution in [-0.4, -0.2) is 26.1 Å². The van der Waals surface area contributed by atoms with Crippen LogP contribution >= 0.6 is 0 Å². The zero-order chi connectivity index (χ0) is 20.1. The Morgan fingerprint density at radius 3 is 2.62 bits per heavy atom. The zero-order valence-electron chi connectivity index (χ0n) is 15.4. The summed E-state index contributed by atoms with van der Waals surface area (Å²) in [7, 11) is 0. The molecule has 0 aliphatic rings. The quantitative estimate of drug-likeness (QED) is 0.452. The molecule has 0 radical (unpaired) electrons. The van der Waals surface area contributed by atoms with E-state index in [0.29, 0.717) is 11.6 Å². The number of hydrogen-bond acceptors (Lipinski definition) is 8. The lowest BCUT2D eigenvalue weighted by Crippen LogP contribution is -2.11. The van der Waals surface area contributed by atoms with Crippen molar-refractivity contribution in [3.05, 3.63) is 84.6 Å². The maximum atomic E-state index is 12.7. The Hall–Kier alpha value is -4.07. The first-order valence-corrected chi connectivity index (χ1v) is 8.83. The summed E-state index contributed by atoms with van der Waals surface area (Å²) in [6.07, 6.45) is 3.92. The topological polar surface area (TPSA) is 100 Å². The minimum Gasteiger partial charge on any atom is -0.449 e. The van der Waals surface area contributed by atoms with E-state index in [0.717, 1.165) is 5.56 Å². The van der Waals surface area contributed by atoms with Crippen LogP contribution in [-0.2, 0) is 4.74 Å². The maximum absolute atomic E-state index is 12.7. The van der Waals surface area contributed by atoms with Crippen LogP contribution in [0.1, 0.15) is 29.3 Å². The highest BCUT2D eigenvalue weighted by Crippen LogP contribution is 2.26. The Kier molecular flexibility index (Phi) is 5.24. The van der Waals surface area contributed by atoms with Crippen molar-refractivity contribution in [3.8, 4) is 23.1 Å². The third-order valence-electron chi connectivity index (χ3n) is 3.93. The van der Waals surface area contributed by atoms with Crippen molar-refractivity contribution >= 4 is 5.97 Å². The van der Waals surface area contributed by atoms with Gasteiger partial charge in [0.05, 0.1) is 6.20 Å². The van der Waals surface area contributed by atoms with Gasteiger partial charge in [0.15, 0.2) is 6.10 Å². The molecular weight excluding hydrogens is 372 g/mol. The molecule has 1 atom stereocenters. The highest BCUT2D eigenvalue weighted by Gasteiger charge is 2.23. The number of benzene rings is 1. The van der Waals surface area contributed by atoms with Crippen molar-refractivity contribution in [2.24, 2.45) is 0 Å². The summed E-state index contributed by atoms with van der Waals surface area (Å²) in [5, 5.41) is 7.99. The van der Waals surface area contributed by atoms with Gasteiger partial charge in [-0.05, 0) is 43.3 Å². The van der Waals surface area contributed by atoms with E-state index < -0.39 is 12.1 Å². The molecule has 4 rings (SSSR count). The predicted octanol–water partition coefficient (Wildman–Crippen LogP) is 4.24. The van der Waals surface area contributed by atoms with Crippen molar-refractivity contribution < 1.29 is 18.7 Å². The minimum atomic E-state index is -0.751. The fraction of sp³-hybridized carbons (Fsp3) is 0.0952. The Balaban J connectivity index is 1.49. The Morgan fingerprint density at radius 2 is 1.83 bits per heavy atom. The van der Waals surface area contributed by atoms with Gasteiger partial charge in [-0.2, -0.15) is 0 Å². The molecule has 3 heterocycles. The van der Waals surface area contributed by atoms with Crippen LogP contribution in [0, 0.1) is 0 Å². The molecule has 0 spiro atoms. The second-order valence-corrected chi connectivity index (χ2v) is 6.01. The van der Waals surface area contributed by atoms with Crippen molar-refractivity contribution in [2.45, 2.75) is 13.0 Å². The summed E-state index contributed by atoms with van der Waals surface area (Å²) in [6.45, 7) is 1.65. The van der Waals surface area contributed by atoms with Crippen molar-refractivity contribution in [1.29, 1.82) is 0 Å². The van der Waals surface area contributed by atoms with E-state index in [1.807, 2.05) is 30.3 Å². The van der Waals surface area contributed by atoms with Gasteiger partial charge < -0.3 is 13.9 Å². The SMILES string of the molecule is CC(OC(=O)c1cccnc1Oc1cccnc1)c1nnc(-c2ccccc2)o1. The van der Waals surface area contributed by atoms with Gasteiger partial charge in [-0.3, -0.25) is 4.98 Å². The minimum absolute atomic E-state index is 0.119. The first-order chi connectivity index (χ1) is 14.2. The third-order valence-corrected chi connectivity index (χ3v) is 3.93. The van der Waals surface area contributed by atoms with E-state index in [9.17, 15) is 4.79 Å².